The van der Waals surface area contributed by atoms with E-state index < -0.39 is 13.7 Å². The zero-order valence-corrected chi connectivity index (χ0v) is 11.6. The Morgan fingerprint density at radius 1 is 1.33 bits per heavy atom. The molecule has 0 saturated carbocycles. The van der Waals surface area contributed by atoms with Crippen molar-refractivity contribution in [2.24, 2.45) is 0 Å². The highest BCUT2D eigenvalue weighted by Crippen LogP contribution is 2.42. The Hall–Kier alpha value is -1.16. The number of ether oxygens (including phenoxy) is 1. The highest BCUT2D eigenvalue weighted by Gasteiger charge is 2.20. The van der Waals surface area contributed by atoms with Gasteiger partial charge in [-0.15, -0.1) is 0 Å². The molecule has 0 spiro atoms. The highest BCUT2D eigenvalue weighted by molar-refractivity contribution is 7.52. The van der Waals surface area contributed by atoms with Crippen molar-refractivity contribution in [3.05, 3.63) is 30.3 Å². The summed E-state index contributed by atoms with van der Waals surface area (Å²) in [7, 11) is -1.85. The van der Waals surface area contributed by atoms with Gasteiger partial charge in [-0.3, -0.25) is 9.36 Å². The van der Waals surface area contributed by atoms with E-state index in [1.54, 1.807) is 19.1 Å². The summed E-state index contributed by atoms with van der Waals surface area (Å²) in [6.07, 6.45) is -0.663. The first-order valence-electron chi connectivity index (χ1n) is 5.47. The molecule has 5 nitrogen and oxygen atoms in total. The summed E-state index contributed by atoms with van der Waals surface area (Å²) in [6, 6.07) is 8.99. The number of Topliss-reactive ketones (excluding diaryl/α,β-unsaturated/α-hetero) is 1. The molecule has 0 aliphatic heterocycles. The minimum Gasteiger partial charge on any atom is -0.483 e. The normalized spacial score (nSPS) is 15.7. The quantitative estimate of drug-likeness (QED) is 0.714. The van der Waals surface area contributed by atoms with E-state index in [0.29, 0.717) is 5.75 Å². The third kappa shape index (κ3) is 5.00. The Labute approximate surface area is 107 Å². The standard InChI is InChI=1S/C12H17O5P/c1-10(17-11-7-5-4-6-8-11)12(13)9-16-18(3,14)15-2/h4-8,10H,9H2,1-3H3. The third-order valence-electron chi connectivity index (χ3n) is 2.28. The molecule has 0 radical (unpaired) electrons. The van der Waals surface area contributed by atoms with Crippen molar-refractivity contribution < 1.29 is 23.1 Å². The predicted molar refractivity (Wildman–Crippen MR) is 68.0 cm³/mol. The van der Waals surface area contributed by atoms with Gasteiger partial charge in [0.25, 0.3) is 0 Å². The molecule has 2 atom stereocenters. The number of hydrogen-bond acceptors (Lipinski definition) is 5. The minimum atomic E-state index is -3.13. The maximum Gasteiger partial charge on any atom is 0.327 e. The van der Waals surface area contributed by atoms with Crippen LogP contribution in [0.15, 0.2) is 30.3 Å². The van der Waals surface area contributed by atoms with Crippen molar-refractivity contribution in [1.82, 2.24) is 0 Å². The molecular formula is C12H17O5P. The van der Waals surface area contributed by atoms with Crippen LogP contribution in [0.25, 0.3) is 0 Å². The Morgan fingerprint density at radius 2 is 1.94 bits per heavy atom. The lowest BCUT2D eigenvalue weighted by atomic mass is 10.2. The van der Waals surface area contributed by atoms with Crippen LogP contribution in [0.1, 0.15) is 6.92 Å². The first-order valence-corrected chi connectivity index (χ1v) is 7.46. The van der Waals surface area contributed by atoms with Gasteiger partial charge in [0.2, 0.25) is 0 Å². The van der Waals surface area contributed by atoms with E-state index in [1.165, 1.54) is 13.8 Å². The van der Waals surface area contributed by atoms with Crippen molar-refractivity contribution >= 4 is 13.4 Å². The van der Waals surface area contributed by atoms with Crippen molar-refractivity contribution in [3.63, 3.8) is 0 Å². The van der Waals surface area contributed by atoms with Gasteiger partial charge >= 0.3 is 7.60 Å². The Balaban J connectivity index is 2.45. The largest absolute Gasteiger partial charge is 0.483 e. The molecule has 1 aromatic carbocycles. The Kier molecular flexibility index (Phi) is 5.54. The van der Waals surface area contributed by atoms with Gasteiger partial charge in [-0.2, -0.15) is 0 Å². The van der Waals surface area contributed by atoms with Crippen LogP contribution >= 0.6 is 7.60 Å². The highest BCUT2D eigenvalue weighted by atomic mass is 31.2. The Bertz CT molecular complexity index is 431. The van der Waals surface area contributed by atoms with Crippen LogP contribution in [-0.2, 0) is 18.4 Å². The van der Waals surface area contributed by atoms with E-state index >= 15 is 0 Å². The summed E-state index contributed by atoms with van der Waals surface area (Å²) >= 11 is 0. The van der Waals surface area contributed by atoms with Crippen LogP contribution in [0.3, 0.4) is 0 Å². The average molecular weight is 272 g/mol. The monoisotopic (exact) mass is 272 g/mol. The smallest absolute Gasteiger partial charge is 0.327 e. The second-order valence-corrected chi connectivity index (χ2v) is 5.93. The van der Waals surface area contributed by atoms with E-state index in [1.807, 2.05) is 18.2 Å². The van der Waals surface area contributed by atoms with Crippen LogP contribution in [0.4, 0.5) is 0 Å². The van der Waals surface area contributed by atoms with Crippen LogP contribution in [-0.4, -0.2) is 32.3 Å². The first kappa shape index (κ1) is 14.9. The molecular weight excluding hydrogens is 255 g/mol. The maximum atomic E-state index is 11.7. The second-order valence-electron chi connectivity index (χ2n) is 3.77. The van der Waals surface area contributed by atoms with Crippen LogP contribution < -0.4 is 4.74 Å². The number of rotatable bonds is 7. The van der Waals surface area contributed by atoms with Gasteiger partial charge in [0.05, 0.1) is 0 Å². The zero-order valence-electron chi connectivity index (χ0n) is 10.7. The molecule has 100 valence electrons. The van der Waals surface area contributed by atoms with E-state index in [0.717, 1.165) is 0 Å². The molecule has 0 heterocycles. The number of hydrogen-bond donors (Lipinski definition) is 0. The van der Waals surface area contributed by atoms with Crippen LogP contribution in [0.5, 0.6) is 5.75 Å². The van der Waals surface area contributed by atoms with Gasteiger partial charge < -0.3 is 13.8 Å². The summed E-state index contributed by atoms with van der Waals surface area (Å²) in [5.41, 5.74) is 0. The average Bonchev–Trinajstić information content (AvgIpc) is 2.37. The number of benzene rings is 1. The summed E-state index contributed by atoms with van der Waals surface area (Å²) in [5.74, 6) is 0.308. The molecule has 0 N–H and O–H groups in total. The number of para-hydroxylation sites is 1. The van der Waals surface area contributed by atoms with Gasteiger partial charge in [-0.25, -0.2) is 0 Å². The minimum absolute atomic E-state index is 0.294. The third-order valence-corrected chi connectivity index (χ3v) is 3.54. The Morgan fingerprint density at radius 3 is 2.50 bits per heavy atom. The predicted octanol–water partition coefficient (Wildman–Crippen LogP) is 2.51. The number of carbonyl (C=O) groups excluding carboxylic acids is 1. The van der Waals surface area contributed by atoms with E-state index in [9.17, 15) is 9.36 Å². The maximum absolute atomic E-state index is 11.7. The fraction of sp³-hybridized carbons (Fsp3) is 0.417. The topological polar surface area (TPSA) is 61.8 Å². The fourth-order valence-electron chi connectivity index (χ4n) is 1.12. The lowest BCUT2D eigenvalue weighted by molar-refractivity contribution is -0.127. The lowest BCUT2D eigenvalue weighted by Gasteiger charge is -2.15. The molecule has 0 aliphatic carbocycles. The van der Waals surface area contributed by atoms with Gasteiger partial charge in [-0.1, -0.05) is 18.2 Å². The van der Waals surface area contributed by atoms with Crippen LogP contribution in [0.2, 0.25) is 0 Å². The first-order chi connectivity index (χ1) is 8.44. The van der Waals surface area contributed by atoms with E-state index in [4.69, 9.17) is 9.26 Å². The van der Waals surface area contributed by atoms with Crippen molar-refractivity contribution in [1.29, 1.82) is 0 Å². The molecule has 0 aromatic heterocycles. The fourth-order valence-corrected chi connectivity index (χ4v) is 1.59. The zero-order chi connectivity index (χ0) is 13.6. The molecule has 0 bridgehead atoms. The summed E-state index contributed by atoms with van der Waals surface area (Å²) in [6.45, 7) is 2.63. The molecule has 2 unspecified atom stereocenters. The summed E-state index contributed by atoms with van der Waals surface area (Å²) < 4.78 is 26.4. The summed E-state index contributed by atoms with van der Waals surface area (Å²) in [4.78, 5) is 11.7. The lowest BCUT2D eigenvalue weighted by Crippen LogP contribution is -2.27. The van der Waals surface area contributed by atoms with Gasteiger partial charge in [0.1, 0.15) is 12.4 Å². The number of carbonyl (C=O) groups is 1. The summed E-state index contributed by atoms with van der Waals surface area (Å²) in [5, 5.41) is 0. The van der Waals surface area contributed by atoms with Crippen molar-refractivity contribution in [3.8, 4) is 5.75 Å². The second kappa shape index (κ2) is 6.69. The molecule has 6 heteroatoms. The molecule has 1 rings (SSSR count). The van der Waals surface area contributed by atoms with Gasteiger partial charge in [0, 0.05) is 13.8 Å². The molecule has 18 heavy (non-hydrogen) atoms. The molecule has 0 amide bonds. The molecule has 0 fully saturated rings. The number of ketones is 1. The molecule has 0 saturated heterocycles. The SMILES string of the molecule is COP(C)(=O)OCC(=O)C(C)Oc1ccccc1. The van der Waals surface area contributed by atoms with Crippen molar-refractivity contribution in [2.45, 2.75) is 13.0 Å². The molecule has 1 aromatic rings. The van der Waals surface area contributed by atoms with Gasteiger partial charge in [0.15, 0.2) is 11.9 Å². The van der Waals surface area contributed by atoms with Crippen LogP contribution in [0, 0.1) is 0 Å². The van der Waals surface area contributed by atoms with Gasteiger partial charge in [-0.05, 0) is 19.1 Å². The van der Waals surface area contributed by atoms with E-state index in [-0.39, 0.29) is 12.4 Å². The molecule has 0 aliphatic rings. The van der Waals surface area contributed by atoms with E-state index in [2.05, 4.69) is 4.52 Å². The van der Waals surface area contributed by atoms with Crippen molar-refractivity contribution in [2.75, 3.05) is 20.4 Å².